The van der Waals surface area contributed by atoms with Crippen molar-refractivity contribution in [2.24, 2.45) is 0 Å². The average molecular weight is 260 g/mol. The molecule has 0 aromatic carbocycles. The summed E-state index contributed by atoms with van der Waals surface area (Å²) in [7, 11) is 0. The summed E-state index contributed by atoms with van der Waals surface area (Å²) >= 11 is 1.36. The van der Waals surface area contributed by atoms with Gasteiger partial charge < -0.3 is 5.73 Å². The highest BCUT2D eigenvalue weighted by atomic mass is 32.2. The first kappa shape index (κ1) is 14.0. The first-order valence-electron chi connectivity index (χ1n) is 5.34. The predicted octanol–water partition coefficient (Wildman–Crippen LogP) is 2.11. The van der Waals surface area contributed by atoms with Gasteiger partial charge >= 0.3 is 0 Å². The SMILES string of the molecule is CCCSc1nc(N)c(C#N)c(C(C)=O)c1C#N. The Morgan fingerprint density at radius 2 is 2.00 bits per heavy atom. The highest BCUT2D eigenvalue weighted by molar-refractivity contribution is 7.99. The van der Waals surface area contributed by atoms with Crippen LogP contribution >= 0.6 is 11.8 Å². The third-order valence-electron chi connectivity index (χ3n) is 2.21. The number of nitrogen functional groups attached to an aromatic ring is 1. The fourth-order valence-corrected chi connectivity index (χ4v) is 2.31. The molecule has 1 rings (SSSR count). The van der Waals surface area contributed by atoms with Crippen LogP contribution in [0.5, 0.6) is 0 Å². The molecule has 6 heteroatoms. The number of nitrogens with two attached hydrogens (primary N) is 1. The second-order valence-corrected chi connectivity index (χ2v) is 4.64. The van der Waals surface area contributed by atoms with Crippen LogP contribution < -0.4 is 5.73 Å². The van der Waals surface area contributed by atoms with E-state index in [0.29, 0.717) is 5.03 Å². The normalized spacial score (nSPS) is 9.56. The molecular formula is C12H12N4OS. The number of nitrogens with zero attached hydrogens (tertiary/aromatic N) is 3. The van der Waals surface area contributed by atoms with Crippen LogP contribution in [0.4, 0.5) is 5.82 Å². The summed E-state index contributed by atoms with van der Waals surface area (Å²) in [6.07, 6.45) is 0.909. The van der Waals surface area contributed by atoms with Crippen molar-refractivity contribution >= 4 is 23.4 Å². The number of hydrogen-bond acceptors (Lipinski definition) is 6. The molecule has 0 bridgehead atoms. The van der Waals surface area contributed by atoms with Gasteiger partial charge in [-0.1, -0.05) is 6.92 Å². The molecule has 0 saturated carbocycles. The smallest absolute Gasteiger partial charge is 0.162 e. The zero-order valence-electron chi connectivity index (χ0n) is 10.1. The fourth-order valence-electron chi connectivity index (χ4n) is 1.45. The van der Waals surface area contributed by atoms with Crippen molar-refractivity contribution in [3.8, 4) is 12.1 Å². The quantitative estimate of drug-likeness (QED) is 0.656. The Morgan fingerprint density at radius 3 is 2.44 bits per heavy atom. The first-order chi connectivity index (χ1) is 8.56. The Balaban J connectivity index is 3.55. The van der Waals surface area contributed by atoms with Crippen LogP contribution in [0.1, 0.15) is 41.8 Å². The number of Topliss-reactive ketones (excluding diaryl/α,β-unsaturated/α-hetero) is 1. The zero-order chi connectivity index (χ0) is 13.7. The molecule has 0 fully saturated rings. The number of hydrogen-bond donors (Lipinski definition) is 1. The summed E-state index contributed by atoms with van der Waals surface area (Å²) in [4.78, 5) is 15.6. The van der Waals surface area contributed by atoms with Crippen LogP contribution in [0.3, 0.4) is 0 Å². The van der Waals surface area contributed by atoms with Gasteiger partial charge in [0.15, 0.2) is 5.78 Å². The third kappa shape index (κ3) is 2.61. The maximum Gasteiger partial charge on any atom is 0.162 e. The molecule has 1 aromatic heterocycles. The average Bonchev–Trinajstić information content (AvgIpc) is 2.34. The van der Waals surface area contributed by atoms with E-state index < -0.39 is 0 Å². The van der Waals surface area contributed by atoms with E-state index in [1.807, 2.05) is 19.1 Å². The largest absolute Gasteiger partial charge is 0.383 e. The number of nitriles is 2. The number of anilines is 1. The minimum absolute atomic E-state index is 0.000281. The summed E-state index contributed by atoms with van der Waals surface area (Å²) in [5, 5.41) is 18.6. The lowest BCUT2D eigenvalue weighted by atomic mass is 10.0. The van der Waals surface area contributed by atoms with Gasteiger partial charge in [-0.2, -0.15) is 10.5 Å². The van der Waals surface area contributed by atoms with E-state index in [1.165, 1.54) is 18.7 Å². The van der Waals surface area contributed by atoms with Crippen LogP contribution in [-0.2, 0) is 0 Å². The van der Waals surface area contributed by atoms with Crippen molar-refractivity contribution in [2.45, 2.75) is 25.3 Å². The third-order valence-corrected chi connectivity index (χ3v) is 3.39. The zero-order valence-corrected chi connectivity index (χ0v) is 11.0. The lowest BCUT2D eigenvalue weighted by Crippen LogP contribution is -2.09. The summed E-state index contributed by atoms with van der Waals surface area (Å²) in [5.41, 5.74) is 5.86. The molecule has 1 aromatic rings. The van der Waals surface area contributed by atoms with Crippen LogP contribution in [0.25, 0.3) is 0 Å². The van der Waals surface area contributed by atoms with Crippen LogP contribution in [-0.4, -0.2) is 16.5 Å². The Hall–Kier alpha value is -2.05. The van der Waals surface area contributed by atoms with Gasteiger partial charge in [0.1, 0.15) is 28.5 Å². The van der Waals surface area contributed by atoms with Crippen LogP contribution in [0.15, 0.2) is 5.03 Å². The predicted molar refractivity (Wildman–Crippen MR) is 69.1 cm³/mol. The number of ketones is 1. The van der Waals surface area contributed by atoms with Crippen LogP contribution in [0, 0.1) is 22.7 Å². The molecular weight excluding hydrogens is 248 g/mol. The monoisotopic (exact) mass is 260 g/mol. The standard InChI is InChI=1S/C12H12N4OS/c1-3-4-18-12-9(6-14)10(7(2)17)8(5-13)11(15)16-12/h3-4H2,1-2H3,(H2,15,16). The van der Waals surface area contributed by atoms with Gasteiger partial charge in [0, 0.05) is 0 Å². The van der Waals surface area contributed by atoms with Crippen molar-refractivity contribution < 1.29 is 4.79 Å². The molecule has 18 heavy (non-hydrogen) atoms. The van der Waals surface area contributed by atoms with Gasteiger partial charge in [0.2, 0.25) is 0 Å². The highest BCUT2D eigenvalue weighted by Crippen LogP contribution is 2.28. The van der Waals surface area contributed by atoms with Crippen molar-refractivity contribution in [1.82, 2.24) is 4.98 Å². The number of thioether (sulfide) groups is 1. The maximum absolute atomic E-state index is 11.6. The number of carbonyl (C=O) groups is 1. The topological polar surface area (TPSA) is 104 Å². The van der Waals surface area contributed by atoms with Gasteiger partial charge in [-0.3, -0.25) is 4.79 Å². The minimum atomic E-state index is -0.351. The highest BCUT2D eigenvalue weighted by Gasteiger charge is 2.21. The summed E-state index contributed by atoms with van der Waals surface area (Å²) in [6, 6.07) is 3.78. The summed E-state index contributed by atoms with van der Waals surface area (Å²) < 4.78 is 0. The molecule has 0 spiro atoms. The molecule has 0 aliphatic carbocycles. The number of rotatable bonds is 4. The van der Waals surface area contributed by atoms with E-state index >= 15 is 0 Å². The molecule has 2 N–H and O–H groups in total. The Kier molecular flexibility index (Phi) is 4.70. The van der Waals surface area contributed by atoms with E-state index in [1.54, 1.807) is 0 Å². The Labute approximate surface area is 110 Å². The van der Waals surface area contributed by atoms with Crippen molar-refractivity contribution in [2.75, 3.05) is 11.5 Å². The Morgan fingerprint density at radius 1 is 1.39 bits per heavy atom. The van der Waals surface area contributed by atoms with Crippen molar-refractivity contribution in [1.29, 1.82) is 10.5 Å². The molecule has 92 valence electrons. The lowest BCUT2D eigenvalue weighted by Gasteiger charge is -2.09. The van der Waals surface area contributed by atoms with Gasteiger partial charge in [0.05, 0.1) is 11.1 Å². The molecule has 0 atom stereocenters. The van der Waals surface area contributed by atoms with Crippen molar-refractivity contribution in [3.63, 3.8) is 0 Å². The summed E-state index contributed by atoms with van der Waals surface area (Å²) in [6.45, 7) is 3.31. The molecule has 0 unspecified atom stereocenters. The second-order valence-electron chi connectivity index (χ2n) is 3.56. The number of aromatic nitrogens is 1. The van der Waals surface area contributed by atoms with E-state index in [4.69, 9.17) is 16.3 Å². The van der Waals surface area contributed by atoms with Crippen LogP contribution in [0.2, 0.25) is 0 Å². The molecule has 5 nitrogen and oxygen atoms in total. The van der Waals surface area contributed by atoms with Gasteiger partial charge in [0.25, 0.3) is 0 Å². The summed E-state index contributed by atoms with van der Waals surface area (Å²) in [5.74, 6) is 0.417. The lowest BCUT2D eigenvalue weighted by molar-refractivity contribution is 0.101. The fraction of sp³-hybridized carbons (Fsp3) is 0.333. The maximum atomic E-state index is 11.6. The second kappa shape index (κ2) is 6.04. The molecule has 1 heterocycles. The molecule has 0 amide bonds. The molecule has 0 radical (unpaired) electrons. The minimum Gasteiger partial charge on any atom is -0.383 e. The Bertz CT molecular complexity index is 569. The van der Waals surface area contributed by atoms with E-state index in [-0.39, 0.29) is 28.3 Å². The van der Waals surface area contributed by atoms with E-state index in [2.05, 4.69) is 4.98 Å². The number of carbonyl (C=O) groups excluding carboxylic acids is 1. The first-order valence-corrected chi connectivity index (χ1v) is 6.32. The molecule has 0 aliphatic rings. The van der Waals surface area contributed by atoms with Gasteiger partial charge in [-0.25, -0.2) is 4.98 Å². The van der Waals surface area contributed by atoms with Gasteiger partial charge in [-0.05, 0) is 19.1 Å². The van der Waals surface area contributed by atoms with E-state index in [9.17, 15) is 4.79 Å². The van der Waals surface area contributed by atoms with E-state index in [0.717, 1.165) is 12.2 Å². The van der Waals surface area contributed by atoms with Crippen molar-refractivity contribution in [3.05, 3.63) is 16.7 Å². The van der Waals surface area contributed by atoms with Gasteiger partial charge in [-0.15, -0.1) is 11.8 Å². The number of pyridine rings is 1. The molecule has 0 aliphatic heterocycles. The molecule has 0 saturated heterocycles.